The molecule has 174 valence electrons. The number of piperidine rings is 1. The molecule has 1 aromatic rings. The van der Waals surface area contributed by atoms with Gasteiger partial charge in [-0.15, -0.1) is 0 Å². The van der Waals surface area contributed by atoms with Crippen molar-refractivity contribution in [1.29, 1.82) is 0 Å². The summed E-state index contributed by atoms with van der Waals surface area (Å²) >= 11 is 0. The Morgan fingerprint density at radius 1 is 1.16 bits per heavy atom. The van der Waals surface area contributed by atoms with Gasteiger partial charge >= 0.3 is 5.97 Å². The summed E-state index contributed by atoms with van der Waals surface area (Å²) in [7, 11) is 0. The minimum atomic E-state index is -0.0506. The lowest BCUT2D eigenvalue weighted by Crippen LogP contribution is -2.55. The van der Waals surface area contributed by atoms with Gasteiger partial charge in [0.25, 0.3) is 0 Å². The van der Waals surface area contributed by atoms with E-state index in [1.807, 2.05) is 0 Å². The van der Waals surface area contributed by atoms with Gasteiger partial charge in [-0.3, -0.25) is 9.69 Å². The largest absolute Gasteiger partial charge is 0.462 e. The van der Waals surface area contributed by atoms with Crippen LogP contribution in [-0.4, -0.2) is 54.4 Å². The number of nitrogens with zero attached hydrogens (tertiary/aromatic N) is 1. The molecule has 32 heavy (non-hydrogen) atoms. The highest BCUT2D eigenvalue weighted by molar-refractivity contribution is 5.76. The Bertz CT molecular complexity index is 854. The first-order chi connectivity index (χ1) is 15.5. The maximum Gasteiger partial charge on any atom is 0.311 e. The average molecular weight is 439 g/mol. The zero-order valence-electron chi connectivity index (χ0n) is 19.6. The van der Waals surface area contributed by atoms with Gasteiger partial charge in [0, 0.05) is 30.5 Å². The van der Waals surface area contributed by atoms with E-state index >= 15 is 0 Å². The molecule has 6 rings (SSSR count). The molecule has 3 unspecified atom stereocenters. The van der Waals surface area contributed by atoms with Crippen LogP contribution in [0.15, 0.2) is 30.3 Å². The topological polar surface area (TPSA) is 54.1 Å². The third-order valence-corrected chi connectivity index (χ3v) is 9.66. The maximum atomic E-state index is 12.9. The van der Waals surface area contributed by atoms with E-state index in [0.717, 1.165) is 45.4 Å². The molecule has 3 aliphatic heterocycles. The predicted octanol–water partition coefficient (Wildman–Crippen LogP) is 3.77. The van der Waals surface area contributed by atoms with Crippen LogP contribution >= 0.6 is 0 Å². The number of likely N-dealkylation sites (tertiary alicyclic amines) is 1. The van der Waals surface area contributed by atoms with E-state index in [2.05, 4.69) is 54.4 Å². The number of epoxide rings is 1. The van der Waals surface area contributed by atoms with E-state index in [1.165, 1.54) is 24.8 Å². The summed E-state index contributed by atoms with van der Waals surface area (Å²) in [5.41, 5.74) is 1.56. The molecule has 0 amide bonds. The molecule has 7 atom stereocenters. The zero-order chi connectivity index (χ0) is 21.9. The van der Waals surface area contributed by atoms with Gasteiger partial charge in [0.05, 0.1) is 12.0 Å². The Balaban J connectivity index is 1.06. The monoisotopic (exact) mass is 438 g/mol. The van der Waals surface area contributed by atoms with Gasteiger partial charge in [-0.25, -0.2) is 0 Å². The Kier molecular flexibility index (Phi) is 5.16. The Labute approximate surface area is 192 Å². The normalized spacial score (nSPS) is 43.8. The summed E-state index contributed by atoms with van der Waals surface area (Å²) in [6.45, 7) is 8.75. The first-order valence-electron chi connectivity index (χ1n) is 12.9. The molecule has 5 aliphatic rings. The summed E-state index contributed by atoms with van der Waals surface area (Å²) in [5, 5.41) is 3.76. The highest BCUT2D eigenvalue weighted by Crippen LogP contribution is 2.70. The van der Waals surface area contributed by atoms with Gasteiger partial charge in [-0.1, -0.05) is 50.6 Å². The second-order valence-corrected chi connectivity index (χ2v) is 11.5. The van der Waals surface area contributed by atoms with Crippen molar-refractivity contribution in [1.82, 2.24) is 10.2 Å². The number of esters is 1. The minimum Gasteiger partial charge on any atom is -0.462 e. The Hall–Kier alpha value is -1.43. The molecule has 1 N–H and O–H groups in total. The smallest absolute Gasteiger partial charge is 0.311 e. The molecule has 1 aromatic carbocycles. The van der Waals surface area contributed by atoms with Crippen LogP contribution in [0, 0.1) is 23.2 Å². The summed E-state index contributed by atoms with van der Waals surface area (Å²) in [5.74, 6) is 0.784. The SMILES string of the molecule is C[C@H]1CCC[C@]2(C)C[C@H]3OC(=O)C(CNC4CCN(Cc5ccccc5)CC4)[C@H]3C3OC312. The van der Waals surface area contributed by atoms with Crippen molar-refractivity contribution in [3.05, 3.63) is 35.9 Å². The summed E-state index contributed by atoms with van der Waals surface area (Å²) < 4.78 is 12.6. The summed E-state index contributed by atoms with van der Waals surface area (Å²) in [6.07, 6.45) is 7.27. The molecule has 3 saturated heterocycles. The van der Waals surface area contributed by atoms with Crippen molar-refractivity contribution in [2.45, 2.75) is 82.8 Å². The highest BCUT2D eigenvalue weighted by atomic mass is 16.6. The van der Waals surface area contributed by atoms with E-state index in [4.69, 9.17) is 9.47 Å². The number of ether oxygens (including phenoxy) is 2. The van der Waals surface area contributed by atoms with Crippen molar-refractivity contribution < 1.29 is 14.3 Å². The molecule has 2 aliphatic carbocycles. The van der Waals surface area contributed by atoms with Crippen LogP contribution in [0.4, 0.5) is 0 Å². The highest BCUT2D eigenvalue weighted by Gasteiger charge is 2.78. The van der Waals surface area contributed by atoms with Crippen LogP contribution in [0.2, 0.25) is 0 Å². The van der Waals surface area contributed by atoms with Crippen LogP contribution in [0.3, 0.4) is 0 Å². The fourth-order valence-corrected chi connectivity index (χ4v) is 7.90. The zero-order valence-corrected chi connectivity index (χ0v) is 19.6. The number of carbonyl (C=O) groups is 1. The molecule has 5 fully saturated rings. The summed E-state index contributed by atoms with van der Waals surface area (Å²) in [6, 6.07) is 11.2. The Morgan fingerprint density at radius 3 is 2.72 bits per heavy atom. The predicted molar refractivity (Wildman–Crippen MR) is 123 cm³/mol. The number of fused-ring (bicyclic) bond motifs is 2. The standard InChI is InChI=1S/C27H38N2O3/c1-18-7-6-12-26(2)15-22-23(24-27(18,26)32-24)21(25(30)31-22)16-28-20-10-13-29(14-11-20)17-19-8-4-3-5-9-19/h3-5,8-9,18,20-24,28H,6-7,10-17H2,1-2H3/t18-,21?,22+,23+,24?,26+,27?/m0/s1. The van der Waals surface area contributed by atoms with Gasteiger partial charge in [0.15, 0.2) is 0 Å². The second-order valence-electron chi connectivity index (χ2n) is 11.5. The van der Waals surface area contributed by atoms with Gasteiger partial charge in [0.1, 0.15) is 11.7 Å². The van der Waals surface area contributed by atoms with Crippen molar-refractivity contribution in [2.24, 2.45) is 23.2 Å². The van der Waals surface area contributed by atoms with E-state index < -0.39 is 0 Å². The number of hydrogen-bond donors (Lipinski definition) is 1. The molecule has 2 saturated carbocycles. The number of nitrogens with one attached hydrogen (secondary N) is 1. The van der Waals surface area contributed by atoms with Crippen LogP contribution in [0.5, 0.6) is 0 Å². The van der Waals surface area contributed by atoms with Crippen molar-refractivity contribution in [3.63, 3.8) is 0 Å². The number of rotatable bonds is 5. The van der Waals surface area contributed by atoms with Crippen molar-refractivity contribution >= 4 is 5.97 Å². The minimum absolute atomic E-state index is 0.00141. The van der Waals surface area contributed by atoms with Crippen LogP contribution in [-0.2, 0) is 20.8 Å². The van der Waals surface area contributed by atoms with E-state index in [1.54, 1.807) is 0 Å². The quantitative estimate of drug-likeness (QED) is 0.560. The molecule has 3 heterocycles. The van der Waals surface area contributed by atoms with Crippen molar-refractivity contribution in [2.75, 3.05) is 19.6 Å². The number of benzene rings is 1. The molecule has 5 nitrogen and oxygen atoms in total. The molecule has 0 bridgehead atoms. The fourth-order valence-electron chi connectivity index (χ4n) is 7.90. The van der Waals surface area contributed by atoms with Crippen LogP contribution in [0.1, 0.15) is 57.9 Å². The van der Waals surface area contributed by atoms with Gasteiger partial charge in [-0.2, -0.15) is 0 Å². The maximum absolute atomic E-state index is 12.9. The number of hydrogen-bond acceptors (Lipinski definition) is 5. The average Bonchev–Trinajstić information content (AvgIpc) is 3.47. The lowest BCUT2D eigenvalue weighted by molar-refractivity contribution is -0.146. The molecule has 1 spiro atoms. The van der Waals surface area contributed by atoms with Gasteiger partial charge in [-0.05, 0) is 56.7 Å². The Morgan fingerprint density at radius 2 is 1.94 bits per heavy atom. The van der Waals surface area contributed by atoms with E-state index in [-0.39, 0.29) is 41.0 Å². The first-order valence-corrected chi connectivity index (χ1v) is 12.9. The van der Waals surface area contributed by atoms with Crippen LogP contribution in [0.25, 0.3) is 0 Å². The molecular weight excluding hydrogens is 400 g/mol. The number of carbonyl (C=O) groups excluding carboxylic acids is 1. The first kappa shape index (κ1) is 21.1. The fraction of sp³-hybridized carbons (Fsp3) is 0.741. The third kappa shape index (κ3) is 3.26. The lowest BCUT2D eigenvalue weighted by atomic mass is 9.53. The van der Waals surface area contributed by atoms with E-state index in [9.17, 15) is 4.79 Å². The van der Waals surface area contributed by atoms with Crippen LogP contribution < -0.4 is 5.32 Å². The van der Waals surface area contributed by atoms with Gasteiger partial charge in [0.2, 0.25) is 0 Å². The summed E-state index contributed by atoms with van der Waals surface area (Å²) in [4.78, 5) is 15.4. The molecule has 0 radical (unpaired) electrons. The third-order valence-electron chi connectivity index (χ3n) is 9.66. The van der Waals surface area contributed by atoms with Gasteiger partial charge < -0.3 is 14.8 Å². The molecule has 5 heteroatoms. The molecular formula is C27H38N2O3. The van der Waals surface area contributed by atoms with E-state index in [0.29, 0.717) is 12.0 Å². The van der Waals surface area contributed by atoms with Crippen molar-refractivity contribution in [3.8, 4) is 0 Å². The molecule has 0 aromatic heterocycles. The second kappa shape index (κ2) is 7.82. The lowest BCUT2D eigenvalue weighted by Gasteiger charge is -2.48.